The number of allylic oxidation sites excluding steroid dienone is 2. The van der Waals surface area contributed by atoms with Crippen LogP contribution in [-0.4, -0.2) is 77.9 Å². The van der Waals surface area contributed by atoms with Crippen LogP contribution in [0.25, 0.3) is 0 Å². The van der Waals surface area contributed by atoms with E-state index < -0.39 is 54.3 Å². The molecule has 38 heavy (non-hydrogen) atoms. The Bertz CT molecular complexity index is 675. The van der Waals surface area contributed by atoms with Gasteiger partial charge >= 0.3 is 23.9 Å². The zero-order valence-electron chi connectivity index (χ0n) is 22.6. The highest BCUT2D eigenvalue weighted by atomic mass is 16.4. The van der Waals surface area contributed by atoms with Crippen molar-refractivity contribution >= 4 is 23.9 Å². The van der Waals surface area contributed by atoms with E-state index in [1.807, 2.05) is 0 Å². The van der Waals surface area contributed by atoms with Crippen molar-refractivity contribution < 1.29 is 54.9 Å². The Morgan fingerprint density at radius 2 is 1.18 bits per heavy atom. The highest BCUT2D eigenvalue weighted by Gasteiger charge is 2.40. The van der Waals surface area contributed by atoms with E-state index in [0.717, 1.165) is 32.1 Å². The average molecular weight is 549 g/mol. The fourth-order valence-electron chi connectivity index (χ4n) is 3.74. The predicted octanol–water partition coefficient (Wildman–Crippen LogP) is 3.83. The molecule has 2 unspecified atom stereocenters. The first kappa shape index (κ1) is 37.7. The van der Waals surface area contributed by atoms with E-state index in [9.17, 15) is 24.3 Å². The minimum Gasteiger partial charge on any atom is -0.481 e. The minimum absolute atomic E-state index is 0.146. The van der Waals surface area contributed by atoms with Crippen molar-refractivity contribution in [1.82, 2.24) is 0 Å². The van der Waals surface area contributed by atoms with E-state index >= 15 is 0 Å². The monoisotopic (exact) mass is 548 g/mol. The molecule has 0 amide bonds. The molecule has 0 saturated carbocycles. The second kappa shape index (κ2) is 23.6. The van der Waals surface area contributed by atoms with E-state index in [0.29, 0.717) is 6.42 Å². The summed E-state index contributed by atoms with van der Waals surface area (Å²) in [4.78, 5) is 41.6. The molecule has 0 aliphatic carbocycles. The van der Waals surface area contributed by atoms with Gasteiger partial charge in [-0.3, -0.25) is 14.4 Å². The summed E-state index contributed by atoms with van der Waals surface area (Å²) in [5, 5.41) is 61.1. The molecule has 0 aromatic rings. The number of carboxylic acid groups (broad SMARTS) is 4. The number of rotatable bonds is 23. The Kier molecular flexibility index (Phi) is 23.4. The molecule has 0 aliphatic rings. The van der Waals surface area contributed by atoms with Gasteiger partial charge in [-0.15, -0.1) is 0 Å². The van der Waals surface area contributed by atoms with Gasteiger partial charge in [-0.2, -0.15) is 0 Å². The third kappa shape index (κ3) is 22.7. The van der Waals surface area contributed by atoms with Crippen molar-refractivity contribution in [2.45, 2.75) is 121 Å². The van der Waals surface area contributed by atoms with Gasteiger partial charge in [0.05, 0.1) is 31.5 Å². The first-order valence-corrected chi connectivity index (χ1v) is 13.5. The van der Waals surface area contributed by atoms with Crippen LogP contribution in [0.2, 0.25) is 0 Å². The summed E-state index contributed by atoms with van der Waals surface area (Å²) in [5.74, 6) is -6.43. The Morgan fingerprint density at radius 1 is 0.737 bits per heavy atom. The number of aliphatic carboxylic acids is 4. The number of carbonyl (C=O) groups is 4. The van der Waals surface area contributed by atoms with Crippen LogP contribution in [0.1, 0.15) is 110 Å². The van der Waals surface area contributed by atoms with Crippen molar-refractivity contribution in [3.8, 4) is 0 Å². The van der Waals surface area contributed by atoms with Gasteiger partial charge in [0.1, 0.15) is 0 Å². The van der Waals surface area contributed by atoms with E-state index in [-0.39, 0.29) is 13.0 Å². The molecule has 11 nitrogen and oxygen atoms in total. The van der Waals surface area contributed by atoms with Crippen LogP contribution >= 0.6 is 0 Å². The second-order valence-corrected chi connectivity index (χ2v) is 9.60. The summed E-state index contributed by atoms with van der Waals surface area (Å²) in [6, 6.07) is 0. The predicted molar refractivity (Wildman–Crippen MR) is 141 cm³/mol. The molecule has 0 aromatic carbocycles. The maximum Gasteiger partial charge on any atom is 0.336 e. The van der Waals surface area contributed by atoms with Crippen molar-refractivity contribution in [2.75, 3.05) is 6.61 Å². The third-order valence-corrected chi connectivity index (χ3v) is 5.97. The number of hydrogen-bond acceptors (Lipinski definition) is 7. The normalized spacial score (nSPS) is 12.9. The zero-order valence-corrected chi connectivity index (χ0v) is 22.6. The molecule has 0 bridgehead atoms. The lowest BCUT2D eigenvalue weighted by Crippen LogP contribution is -2.42. The van der Waals surface area contributed by atoms with Crippen molar-refractivity contribution in [3.05, 3.63) is 12.2 Å². The van der Waals surface area contributed by atoms with E-state index in [2.05, 4.69) is 19.1 Å². The quantitative estimate of drug-likeness (QED) is 0.0720. The van der Waals surface area contributed by atoms with Crippen LogP contribution in [0.5, 0.6) is 0 Å². The van der Waals surface area contributed by atoms with Crippen LogP contribution < -0.4 is 0 Å². The van der Waals surface area contributed by atoms with E-state index in [1.165, 1.54) is 44.9 Å². The number of aliphatic hydroxyl groups excluding tert-OH is 2. The van der Waals surface area contributed by atoms with Crippen molar-refractivity contribution in [3.63, 3.8) is 0 Å². The molecule has 0 aromatic heterocycles. The molecular formula is C27H48O11. The molecule has 11 heteroatoms. The van der Waals surface area contributed by atoms with E-state index in [1.54, 1.807) is 0 Å². The fourth-order valence-corrected chi connectivity index (χ4v) is 3.74. The zero-order chi connectivity index (χ0) is 29.4. The third-order valence-electron chi connectivity index (χ3n) is 5.97. The molecule has 2 atom stereocenters. The molecule has 0 radical (unpaired) electrons. The van der Waals surface area contributed by atoms with Crippen LogP contribution in [0, 0.1) is 5.92 Å². The number of unbranched alkanes of at least 4 members (excludes halogenated alkanes) is 10. The number of carboxylic acids is 4. The van der Waals surface area contributed by atoms with Gasteiger partial charge in [0.2, 0.25) is 0 Å². The smallest absolute Gasteiger partial charge is 0.336 e. The minimum atomic E-state index is -2.74. The van der Waals surface area contributed by atoms with E-state index in [4.69, 9.17) is 30.6 Å². The van der Waals surface area contributed by atoms with Crippen molar-refractivity contribution in [2.24, 2.45) is 5.92 Å². The number of hydrogen-bond donors (Lipinski definition) is 7. The largest absolute Gasteiger partial charge is 0.481 e. The summed E-state index contributed by atoms with van der Waals surface area (Å²) in [6.45, 7) is 1.88. The molecular weight excluding hydrogens is 500 g/mol. The van der Waals surface area contributed by atoms with Gasteiger partial charge in [0, 0.05) is 0 Å². The maximum absolute atomic E-state index is 11.1. The van der Waals surface area contributed by atoms with Gasteiger partial charge in [-0.25, -0.2) is 4.79 Å². The summed E-state index contributed by atoms with van der Waals surface area (Å²) < 4.78 is 0. The number of aliphatic hydroxyl groups is 3. The van der Waals surface area contributed by atoms with Gasteiger partial charge in [0.15, 0.2) is 5.60 Å². The van der Waals surface area contributed by atoms with Crippen LogP contribution in [0.3, 0.4) is 0 Å². The fraction of sp³-hybridized carbons (Fsp3) is 0.778. The highest BCUT2D eigenvalue weighted by Crippen LogP contribution is 2.18. The lowest BCUT2D eigenvalue weighted by molar-refractivity contribution is -0.170. The Balaban J connectivity index is 0. The Labute approximate surface area is 225 Å². The molecule has 0 rings (SSSR count). The topological polar surface area (TPSA) is 210 Å². The van der Waals surface area contributed by atoms with Crippen LogP contribution in [-0.2, 0) is 19.2 Å². The van der Waals surface area contributed by atoms with Crippen LogP contribution in [0.4, 0.5) is 0 Å². The Morgan fingerprint density at radius 3 is 1.58 bits per heavy atom. The standard InChI is InChI=1S/C21H40O4.C6H8O7/c1-2-3-4-5-6-7-8-9-10-11-12-13-14-15-16-19(21(24)25)17-20(23)18-22;7-3(8)1-6(13,5(11)12)2-4(9)10/h9-10,19-20,22-23H,2-8,11-18H2,1H3,(H,24,25);13H,1-2H2,(H,7,8)(H,9,10)(H,11,12). The molecule has 0 saturated heterocycles. The van der Waals surface area contributed by atoms with Crippen molar-refractivity contribution in [1.29, 1.82) is 0 Å². The Hall–Kier alpha value is -2.50. The summed E-state index contributed by atoms with van der Waals surface area (Å²) in [6.07, 6.45) is 16.7. The molecule has 222 valence electrons. The highest BCUT2D eigenvalue weighted by molar-refractivity contribution is 5.88. The second-order valence-electron chi connectivity index (χ2n) is 9.60. The van der Waals surface area contributed by atoms with Gasteiger partial charge in [0.25, 0.3) is 0 Å². The molecule has 0 heterocycles. The molecule has 0 aliphatic heterocycles. The SMILES string of the molecule is CCCCCCCCC=CCCCCCCC(CC(O)CO)C(=O)O.O=C(O)CC(O)(CC(=O)O)C(=O)O. The molecule has 7 N–H and O–H groups in total. The van der Waals surface area contributed by atoms with Gasteiger partial charge in [-0.1, -0.05) is 70.4 Å². The maximum atomic E-state index is 11.1. The lowest BCUT2D eigenvalue weighted by atomic mass is 9.95. The molecule has 0 fully saturated rings. The lowest BCUT2D eigenvalue weighted by Gasteiger charge is -2.18. The van der Waals surface area contributed by atoms with Crippen LogP contribution in [0.15, 0.2) is 12.2 Å². The summed E-state index contributed by atoms with van der Waals surface area (Å²) in [5.41, 5.74) is -2.74. The first-order valence-electron chi connectivity index (χ1n) is 13.5. The molecule has 0 spiro atoms. The van der Waals surface area contributed by atoms with Gasteiger partial charge < -0.3 is 35.7 Å². The first-order chi connectivity index (χ1) is 17.9. The van der Waals surface area contributed by atoms with Gasteiger partial charge in [-0.05, 0) is 38.5 Å². The average Bonchev–Trinajstić information content (AvgIpc) is 2.82. The summed E-state index contributed by atoms with van der Waals surface area (Å²) >= 11 is 0. The summed E-state index contributed by atoms with van der Waals surface area (Å²) in [7, 11) is 0.